The maximum Gasteiger partial charge on any atom is 0.505 e. The lowest BCUT2D eigenvalue weighted by Gasteiger charge is -2.32. The van der Waals surface area contributed by atoms with Gasteiger partial charge < -0.3 is 48.5 Å². The minimum Gasteiger partial charge on any atom is -0.481 e. The number of hydrogen-bond acceptors (Lipinski definition) is 18. The highest BCUT2D eigenvalue weighted by atomic mass is 127. The number of carboxylic acids is 4. The van der Waals surface area contributed by atoms with Crippen LogP contribution in [0, 0.1) is 3.57 Å². The minimum atomic E-state index is -0.726. The number of esters is 2. The summed E-state index contributed by atoms with van der Waals surface area (Å²) in [5, 5.41) is 34.4. The fraction of sp³-hybridized carbons (Fsp3) is 0.339. The fourth-order valence-electron chi connectivity index (χ4n) is 14.7. The number of thiophene rings is 6. The van der Waals surface area contributed by atoms with Crippen LogP contribution in [0.1, 0.15) is 204 Å². The van der Waals surface area contributed by atoms with Crippen molar-refractivity contribution in [3.63, 3.8) is 0 Å². The van der Waals surface area contributed by atoms with Crippen LogP contribution in [-0.4, -0.2) is 105 Å². The average Bonchev–Trinajstić information content (AvgIpc) is 1.61. The van der Waals surface area contributed by atoms with Gasteiger partial charge in [0.1, 0.15) is 12.2 Å². The molecule has 0 saturated carbocycles. The van der Waals surface area contributed by atoms with E-state index in [2.05, 4.69) is 311 Å². The summed E-state index contributed by atoms with van der Waals surface area (Å²) >= 11 is 12.9. The van der Waals surface area contributed by atoms with Crippen molar-refractivity contribution >= 4 is 150 Å². The van der Waals surface area contributed by atoms with Gasteiger partial charge in [0.05, 0.1) is 22.4 Å². The Morgan fingerprint density at radius 3 is 0.745 bits per heavy atom. The zero-order valence-corrected chi connectivity index (χ0v) is 86.9. The van der Waals surface area contributed by atoms with Crippen LogP contribution in [0.5, 0.6) is 0 Å². The first-order valence-electron chi connectivity index (χ1n) is 46.9. The maximum absolute atomic E-state index is 11.9. The molecule has 16 nitrogen and oxygen atoms in total. The van der Waals surface area contributed by atoms with Crippen molar-refractivity contribution in [1.82, 2.24) is 0 Å². The molecule has 6 aromatic heterocycles. The van der Waals surface area contributed by atoms with Crippen LogP contribution in [-0.2, 0) is 95.4 Å². The number of carbonyl (C=O) groups excluding carboxylic acids is 2. The van der Waals surface area contributed by atoms with Crippen molar-refractivity contribution in [3.05, 3.63) is 312 Å². The molecule has 8 heterocycles. The minimum absolute atomic E-state index is 0.212. The van der Waals surface area contributed by atoms with Gasteiger partial charge in [-0.05, 0) is 346 Å². The second-order valence-corrected chi connectivity index (χ2v) is 43.6. The van der Waals surface area contributed by atoms with Crippen LogP contribution < -0.4 is 9.55 Å². The first-order chi connectivity index (χ1) is 65.7. The molecule has 0 radical (unpaired) electrons. The Morgan fingerprint density at radius 2 is 0.504 bits per heavy atom. The fourth-order valence-corrected chi connectivity index (χ4v) is 21.3. The van der Waals surface area contributed by atoms with Crippen molar-refractivity contribution in [3.8, 4) is 71.0 Å². The Morgan fingerprint density at radius 1 is 0.292 bits per heavy atom. The lowest BCUT2D eigenvalue weighted by molar-refractivity contribution is -0.146. The van der Waals surface area contributed by atoms with E-state index in [-0.39, 0.29) is 74.3 Å². The van der Waals surface area contributed by atoms with Gasteiger partial charge in [0.25, 0.3) is 0 Å². The molecule has 2 saturated heterocycles. The highest BCUT2D eigenvalue weighted by Crippen LogP contribution is 2.45. The van der Waals surface area contributed by atoms with Crippen LogP contribution in [0.4, 0.5) is 0 Å². The van der Waals surface area contributed by atoms with Crippen LogP contribution in [0.25, 0.3) is 71.0 Å². The molecule has 4 N–H and O–H groups in total. The predicted molar refractivity (Wildman–Crippen MR) is 578 cm³/mol. The third kappa shape index (κ3) is 35.4. The van der Waals surface area contributed by atoms with Gasteiger partial charge in [-0.2, -0.15) is 0 Å². The normalized spacial score (nSPS) is 13.6. The van der Waals surface area contributed by atoms with Gasteiger partial charge in [0.2, 0.25) is 0 Å². The molecule has 14 rings (SSSR count). The Kier molecular flexibility index (Phi) is 43.4. The molecule has 2 aliphatic heterocycles. The summed E-state index contributed by atoms with van der Waals surface area (Å²) in [6.07, 6.45) is 23.0. The summed E-state index contributed by atoms with van der Waals surface area (Å²) in [7, 11) is -0.627. The van der Waals surface area contributed by atoms with Crippen molar-refractivity contribution in [2.24, 2.45) is 0 Å². The number of hydrogen-bond donors (Lipinski definition) is 4. The van der Waals surface area contributed by atoms with Crippen molar-refractivity contribution in [2.45, 2.75) is 244 Å². The maximum atomic E-state index is 11.9. The van der Waals surface area contributed by atoms with E-state index < -0.39 is 36.1 Å². The first-order valence-corrected chi connectivity index (χ1v) is 52.9. The average molecular weight is 2070 g/mol. The molecule has 12 aromatic rings. The van der Waals surface area contributed by atoms with Crippen molar-refractivity contribution < 1.29 is 77.3 Å². The SMILES string of the molecule is C=CC(C=C)OC(=O)CCCCc1ccc(-c2ccc(-c3ccc(-c4ccc(CCCCC(=O)OC(C=C)C=C)cc4)s3)s2)cc1.CC1(C)OB(c2ccc(-c3ccc(B4OC(C)(C)C(C)(C)O4)s3)s2)OC1(C)C.O=C(O)CCCCc1ccc(-c2ccc(-c3ccc(-c4ccc(CCCCC(=O)O)cc4)s3)s2)cc1.O=C(O)CCCCc1ccc(I)cc1.O=C(O)CCCCc1ccccc1. The summed E-state index contributed by atoms with van der Waals surface area (Å²) in [6, 6.07) is 79.3. The topological polar surface area (TPSA) is 239 Å². The molecule has 0 unspecified atom stereocenters. The lowest BCUT2D eigenvalue weighted by Crippen LogP contribution is -2.41. The Balaban J connectivity index is 0.000000189. The summed E-state index contributed by atoms with van der Waals surface area (Å²) in [5.74, 6) is -3.28. The van der Waals surface area contributed by atoms with E-state index in [0.717, 1.165) is 112 Å². The van der Waals surface area contributed by atoms with Crippen molar-refractivity contribution in [1.29, 1.82) is 0 Å². The highest BCUT2D eigenvalue weighted by molar-refractivity contribution is 14.1. The summed E-state index contributed by atoms with van der Waals surface area (Å²) < 4.78 is 38.7. The van der Waals surface area contributed by atoms with E-state index in [1.165, 1.54) is 108 Å². The van der Waals surface area contributed by atoms with E-state index in [4.69, 9.17) is 48.5 Å². The standard InChI is InChI=1S/C40H42O4S2.C30H30O4S2.C20H28B2O4S2.C11H13IO2.C11H14O2/c1-5-33(6-2)43-39(41)15-11-9-13-29-17-21-31(22-18-29)35-25-27-37(45-35)38-28-26-36(46-38)32-23-19-30(20-24-32)14-10-12-16-40(42)44-34(7-3)8-4;31-29(32)7-3-1-5-21-9-13-23(14-10-21)25-17-19-27(35-25)28-20-18-26(36-28)24-15-11-22(12-16-24)6-2-4-8-30(33)34;1-17(2)18(3,4)24-21(23-17)15-11-9-13(27-15)14-10-12-16(28-14)22-25-19(5,6)20(7,8)26-22;12-10-7-5-9(6-8-10)3-1-2-4-11(13)14;12-11(13)9-5-4-8-10-6-2-1-3-7-10/h5-8,17-28,33-34H,1-4,9-16H2;9-20H,1-8H2,(H,31,32)(H,33,34);9-12H,1-8H3;5-8H,1-4H2,(H,13,14);1-3,6-7H,4-5,8-9H2,(H,12,13). The van der Waals surface area contributed by atoms with Crippen LogP contribution in [0.2, 0.25) is 0 Å². The molecule has 0 amide bonds. The van der Waals surface area contributed by atoms with Gasteiger partial charge in [0.15, 0.2) is 0 Å². The predicted octanol–water partition coefficient (Wildman–Crippen LogP) is 28.9. The number of halogens is 1. The molecule has 2 aliphatic rings. The molecule has 25 heteroatoms. The zero-order valence-electron chi connectivity index (χ0n) is 79.8. The largest absolute Gasteiger partial charge is 0.505 e. The third-order valence-electron chi connectivity index (χ3n) is 24.2. The molecule has 137 heavy (non-hydrogen) atoms. The number of carbonyl (C=O) groups is 6. The van der Waals surface area contributed by atoms with E-state index in [1.807, 2.05) is 40.9 Å². The Bertz CT molecular complexity index is 5500. The summed E-state index contributed by atoms with van der Waals surface area (Å²) in [5.41, 5.74) is 11.1. The Hall–Kier alpha value is -10.0. The number of benzene rings is 6. The Labute approximate surface area is 847 Å². The monoisotopic (exact) mass is 2070 g/mol. The van der Waals surface area contributed by atoms with E-state index in [9.17, 15) is 28.8 Å². The number of aliphatic carboxylic acids is 4. The quantitative estimate of drug-likeness (QED) is 0.00912. The molecule has 0 spiro atoms. The molecule has 720 valence electrons. The van der Waals surface area contributed by atoms with Gasteiger partial charge in [-0.1, -0.05) is 178 Å². The van der Waals surface area contributed by atoms with Gasteiger partial charge in [0, 0.05) is 100 Å². The molecular weight excluding hydrogens is 1940 g/mol. The molecule has 0 aliphatic carbocycles. The van der Waals surface area contributed by atoms with Crippen molar-refractivity contribution in [2.75, 3.05) is 0 Å². The number of ether oxygens (including phenoxy) is 2. The number of rotatable bonds is 45. The van der Waals surface area contributed by atoms with Gasteiger partial charge in [-0.15, -0.1) is 68.0 Å². The zero-order chi connectivity index (χ0) is 98.5. The molecule has 0 atom stereocenters. The van der Waals surface area contributed by atoms with E-state index >= 15 is 0 Å². The second kappa shape index (κ2) is 54.5. The second-order valence-electron chi connectivity index (χ2n) is 35.8. The van der Waals surface area contributed by atoms with E-state index in [0.29, 0.717) is 25.7 Å². The van der Waals surface area contributed by atoms with Crippen LogP contribution in [0.15, 0.2) is 275 Å². The third-order valence-corrected chi connectivity index (χ3v) is 32.2. The number of unbranched alkanes of at least 4 members (excludes halogenated alkanes) is 6. The van der Waals surface area contributed by atoms with Gasteiger partial charge in [-0.3, -0.25) is 28.8 Å². The van der Waals surface area contributed by atoms with Gasteiger partial charge >= 0.3 is 50.1 Å². The lowest BCUT2D eigenvalue weighted by atomic mass is 9.88. The first kappa shape index (κ1) is 109. The number of aryl methyl sites for hydroxylation is 6. The molecular formula is C112H127B2IO16S6. The molecule has 0 bridgehead atoms. The summed E-state index contributed by atoms with van der Waals surface area (Å²) in [6.45, 7) is 31.2. The molecule has 6 aromatic carbocycles. The van der Waals surface area contributed by atoms with E-state index in [1.54, 1.807) is 69.7 Å². The van der Waals surface area contributed by atoms with Crippen LogP contribution in [0.3, 0.4) is 0 Å². The molecule has 2 fully saturated rings. The number of carboxylic acid groups (broad SMARTS) is 4. The highest BCUT2D eigenvalue weighted by Gasteiger charge is 2.53. The van der Waals surface area contributed by atoms with Gasteiger partial charge in [-0.25, -0.2) is 0 Å². The van der Waals surface area contributed by atoms with Crippen LogP contribution >= 0.6 is 90.6 Å². The summed E-state index contributed by atoms with van der Waals surface area (Å²) in [4.78, 5) is 78.1. The smallest absolute Gasteiger partial charge is 0.481 e.